The van der Waals surface area contributed by atoms with Crippen molar-refractivity contribution in [3.05, 3.63) is 59.1 Å². The molecule has 1 aliphatic rings. The average Bonchev–Trinajstić information content (AvgIpc) is 2.57. The van der Waals surface area contributed by atoms with Crippen molar-refractivity contribution in [3.8, 4) is 0 Å². The SMILES string of the molecule is O=C(CN1C(=O)CSc2ccccc21)NCc1ccccc1Cl. The van der Waals surface area contributed by atoms with Crippen LogP contribution in [-0.4, -0.2) is 24.1 Å². The van der Waals surface area contributed by atoms with Gasteiger partial charge in [-0.25, -0.2) is 0 Å². The van der Waals surface area contributed by atoms with Crippen molar-refractivity contribution in [2.45, 2.75) is 11.4 Å². The molecule has 0 aromatic heterocycles. The summed E-state index contributed by atoms with van der Waals surface area (Å²) in [5.74, 6) is 0.0935. The third-order valence-electron chi connectivity index (χ3n) is 3.54. The number of benzene rings is 2. The number of carbonyl (C=O) groups is 2. The standard InChI is InChI=1S/C17H15ClN2O2S/c18-13-6-2-1-5-12(13)9-19-16(21)10-20-14-7-3-4-8-15(14)23-11-17(20)22/h1-8H,9-11H2,(H,19,21). The number of amides is 2. The molecule has 1 N–H and O–H groups in total. The molecule has 23 heavy (non-hydrogen) atoms. The molecule has 2 amide bonds. The van der Waals surface area contributed by atoms with E-state index in [4.69, 9.17) is 11.6 Å². The number of anilines is 1. The predicted octanol–water partition coefficient (Wildman–Crippen LogP) is 3.10. The molecule has 1 heterocycles. The van der Waals surface area contributed by atoms with Gasteiger partial charge in [0.2, 0.25) is 11.8 Å². The Morgan fingerprint density at radius 2 is 1.91 bits per heavy atom. The van der Waals surface area contributed by atoms with E-state index >= 15 is 0 Å². The zero-order chi connectivity index (χ0) is 16.2. The molecule has 118 valence electrons. The van der Waals surface area contributed by atoms with Gasteiger partial charge in [-0.1, -0.05) is 41.9 Å². The molecule has 2 aromatic rings. The lowest BCUT2D eigenvalue weighted by atomic mass is 10.2. The summed E-state index contributed by atoms with van der Waals surface area (Å²) in [4.78, 5) is 26.9. The number of nitrogens with one attached hydrogen (secondary N) is 1. The highest BCUT2D eigenvalue weighted by molar-refractivity contribution is 8.00. The predicted molar refractivity (Wildman–Crippen MR) is 92.8 cm³/mol. The van der Waals surface area contributed by atoms with Gasteiger partial charge >= 0.3 is 0 Å². The minimum absolute atomic E-state index is 0.0147. The molecule has 0 atom stereocenters. The van der Waals surface area contributed by atoms with Crippen LogP contribution < -0.4 is 10.2 Å². The summed E-state index contributed by atoms with van der Waals surface area (Å²) < 4.78 is 0. The van der Waals surface area contributed by atoms with E-state index in [1.54, 1.807) is 6.07 Å². The van der Waals surface area contributed by atoms with E-state index in [9.17, 15) is 9.59 Å². The summed E-state index contributed by atoms with van der Waals surface area (Å²) in [6.45, 7) is 0.359. The maximum absolute atomic E-state index is 12.2. The summed E-state index contributed by atoms with van der Waals surface area (Å²) in [5, 5.41) is 3.43. The van der Waals surface area contributed by atoms with Crippen LogP contribution in [0.2, 0.25) is 5.02 Å². The fourth-order valence-electron chi connectivity index (χ4n) is 2.36. The summed E-state index contributed by atoms with van der Waals surface area (Å²) in [7, 11) is 0. The quantitative estimate of drug-likeness (QED) is 0.925. The van der Waals surface area contributed by atoms with Crippen molar-refractivity contribution in [2.24, 2.45) is 0 Å². The Balaban J connectivity index is 1.66. The normalized spacial score (nSPS) is 13.6. The lowest BCUT2D eigenvalue weighted by molar-refractivity contribution is -0.123. The molecule has 1 aliphatic heterocycles. The first-order chi connectivity index (χ1) is 11.1. The van der Waals surface area contributed by atoms with Gasteiger partial charge < -0.3 is 10.2 Å². The molecule has 0 fully saturated rings. The first kappa shape index (κ1) is 15.9. The van der Waals surface area contributed by atoms with Gasteiger partial charge in [0.05, 0.1) is 11.4 Å². The van der Waals surface area contributed by atoms with E-state index in [1.807, 2.05) is 42.5 Å². The second kappa shape index (κ2) is 7.06. The first-order valence-corrected chi connectivity index (χ1v) is 8.54. The molecule has 0 bridgehead atoms. The third-order valence-corrected chi connectivity index (χ3v) is 4.96. The Hall–Kier alpha value is -1.98. The topological polar surface area (TPSA) is 49.4 Å². The monoisotopic (exact) mass is 346 g/mol. The van der Waals surface area contributed by atoms with Crippen LogP contribution in [0.1, 0.15) is 5.56 Å². The van der Waals surface area contributed by atoms with Gasteiger partial charge in [0.25, 0.3) is 0 Å². The van der Waals surface area contributed by atoms with Crippen LogP contribution in [0.3, 0.4) is 0 Å². The van der Waals surface area contributed by atoms with Crippen molar-refractivity contribution in [1.82, 2.24) is 5.32 Å². The van der Waals surface area contributed by atoms with Gasteiger partial charge in [-0.05, 0) is 23.8 Å². The smallest absolute Gasteiger partial charge is 0.240 e. The molecule has 0 spiro atoms. The number of hydrogen-bond acceptors (Lipinski definition) is 3. The molecule has 0 aliphatic carbocycles. The van der Waals surface area contributed by atoms with Crippen LogP contribution in [-0.2, 0) is 16.1 Å². The van der Waals surface area contributed by atoms with E-state index in [-0.39, 0.29) is 18.4 Å². The van der Waals surface area contributed by atoms with Crippen LogP contribution in [0, 0.1) is 0 Å². The van der Waals surface area contributed by atoms with Crippen molar-refractivity contribution >= 4 is 40.9 Å². The Morgan fingerprint density at radius 1 is 1.17 bits per heavy atom. The van der Waals surface area contributed by atoms with E-state index in [2.05, 4.69) is 5.32 Å². The summed E-state index contributed by atoms with van der Waals surface area (Å²) >= 11 is 7.57. The minimum atomic E-state index is -0.208. The fourth-order valence-corrected chi connectivity index (χ4v) is 3.50. The Morgan fingerprint density at radius 3 is 2.74 bits per heavy atom. The van der Waals surface area contributed by atoms with Gasteiger partial charge in [0.1, 0.15) is 6.54 Å². The molecule has 0 radical (unpaired) electrons. The molecule has 0 saturated heterocycles. The number of halogens is 1. The lowest BCUT2D eigenvalue weighted by Gasteiger charge is -2.28. The van der Waals surface area contributed by atoms with Gasteiger partial charge in [0.15, 0.2) is 0 Å². The summed E-state index contributed by atoms with van der Waals surface area (Å²) in [6, 6.07) is 15.0. The van der Waals surface area contributed by atoms with Gasteiger partial charge in [0, 0.05) is 16.5 Å². The molecule has 4 nitrogen and oxygen atoms in total. The number of hydrogen-bond donors (Lipinski definition) is 1. The Labute approximate surface area is 143 Å². The molecule has 0 saturated carbocycles. The second-order valence-corrected chi connectivity index (χ2v) is 6.53. The number of carbonyl (C=O) groups excluding carboxylic acids is 2. The molecule has 3 rings (SSSR count). The van der Waals surface area contributed by atoms with Crippen molar-refractivity contribution in [3.63, 3.8) is 0 Å². The summed E-state index contributed by atoms with van der Waals surface area (Å²) in [5.41, 5.74) is 1.64. The van der Waals surface area contributed by atoms with Crippen LogP contribution in [0.5, 0.6) is 0 Å². The molecule has 2 aromatic carbocycles. The zero-order valence-corrected chi connectivity index (χ0v) is 13.9. The lowest BCUT2D eigenvalue weighted by Crippen LogP contribution is -2.43. The van der Waals surface area contributed by atoms with Crippen molar-refractivity contribution in [1.29, 1.82) is 0 Å². The van der Waals surface area contributed by atoms with Crippen molar-refractivity contribution in [2.75, 3.05) is 17.2 Å². The number of nitrogens with zero attached hydrogens (tertiary/aromatic N) is 1. The van der Waals surface area contributed by atoms with Crippen LogP contribution >= 0.6 is 23.4 Å². The van der Waals surface area contributed by atoms with Gasteiger partial charge in [-0.15, -0.1) is 11.8 Å². The molecular weight excluding hydrogens is 332 g/mol. The van der Waals surface area contributed by atoms with E-state index in [1.165, 1.54) is 16.7 Å². The number of fused-ring (bicyclic) bond motifs is 1. The van der Waals surface area contributed by atoms with Gasteiger partial charge in [-0.2, -0.15) is 0 Å². The van der Waals surface area contributed by atoms with Crippen LogP contribution in [0.4, 0.5) is 5.69 Å². The number of rotatable bonds is 4. The maximum atomic E-state index is 12.2. The average molecular weight is 347 g/mol. The maximum Gasteiger partial charge on any atom is 0.240 e. The number of thioether (sulfide) groups is 1. The molecule has 0 unspecified atom stereocenters. The van der Waals surface area contributed by atoms with Gasteiger partial charge in [-0.3, -0.25) is 9.59 Å². The molecule has 6 heteroatoms. The zero-order valence-electron chi connectivity index (χ0n) is 12.3. The Bertz CT molecular complexity index is 751. The van der Waals surface area contributed by atoms with E-state index in [0.29, 0.717) is 17.3 Å². The van der Waals surface area contributed by atoms with Crippen LogP contribution in [0.15, 0.2) is 53.4 Å². The minimum Gasteiger partial charge on any atom is -0.350 e. The third kappa shape index (κ3) is 3.68. The molecular formula is C17H15ClN2O2S. The highest BCUT2D eigenvalue weighted by Gasteiger charge is 2.26. The fraction of sp³-hybridized carbons (Fsp3) is 0.176. The van der Waals surface area contributed by atoms with Crippen molar-refractivity contribution < 1.29 is 9.59 Å². The largest absolute Gasteiger partial charge is 0.350 e. The summed E-state index contributed by atoms with van der Waals surface area (Å²) in [6.07, 6.45) is 0. The first-order valence-electron chi connectivity index (χ1n) is 7.17. The second-order valence-electron chi connectivity index (χ2n) is 5.10. The van der Waals surface area contributed by atoms with E-state index < -0.39 is 0 Å². The Kier molecular flexibility index (Phi) is 4.88. The highest BCUT2D eigenvalue weighted by Crippen LogP contribution is 2.34. The van der Waals surface area contributed by atoms with E-state index in [0.717, 1.165) is 16.1 Å². The number of para-hydroxylation sites is 1. The van der Waals surface area contributed by atoms with Crippen LogP contribution in [0.25, 0.3) is 0 Å². The highest BCUT2D eigenvalue weighted by atomic mass is 35.5.